The summed E-state index contributed by atoms with van der Waals surface area (Å²) < 4.78 is 15.0. The van der Waals surface area contributed by atoms with Crippen LogP contribution in [0.5, 0.6) is 0 Å². The van der Waals surface area contributed by atoms with Gasteiger partial charge in [-0.1, -0.05) is 5.16 Å². The number of anilines is 1. The number of carbonyl (C=O) groups excluding carboxylic acids is 1. The van der Waals surface area contributed by atoms with E-state index in [0.29, 0.717) is 12.4 Å². The molecule has 0 radical (unpaired) electrons. The summed E-state index contributed by atoms with van der Waals surface area (Å²) in [6, 6.07) is -0.312. The number of ether oxygens (including phenoxy) is 2. The highest BCUT2D eigenvalue weighted by atomic mass is 16.7. The van der Waals surface area contributed by atoms with E-state index in [1.165, 1.54) is 19.1 Å². The van der Waals surface area contributed by atoms with Crippen molar-refractivity contribution >= 4 is 11.9 Å². The van der Waals surface area contributed by atoms with E-state index >= 15 is 0 Å². The van der Waals surface area contributed by atoms with E-state index in [1.54, 1.807) is 7.05 Å². The molecule has 1 aromatic heterocycles. The van der Waals surface area contributed by atoms with E-state index in [2.05, 4.69) is 10.5 Å². The van der Waals surface area contributed by atoms with Crippen LogP contribution in [0.1, 0.15) is 11.3 Å². The van der Waals surface area contributed by atoms with E-state index in [0.717, 1.165) is 11.3 Å². The molecule has 1 heterocycles. The SMILES string of the molecule is COC(CN(C)C(=O)Nc1onc(C)c1C)OC. The molecule has 0 saturated heterocycles. The van der Waals surface area contributed by atoms with Gasteiger partial charge in [-0.05, 0) is 13.8 Å². The second kappa shape index (κ2) is 6.36. The van der Waals surface area contributed by atoms with Crippen molar-refractivity contribution in [2.75, 3.05) is 33.1 Å². The first-order valence-electron chi connectivity index (χ1n) is 5.50. The van der Waals surface area contributed by atoms with Crippen molar-refractivity contribution in [3.8, 4) is 0 Å². The molecule has 102 valence electrons. The Kier molecular flexibility index (Phi) is 5.11. The molecular formula is C11H19N3O4. The Morgan fingerprint density at radius 2 is 2.06 bits per heavy atom. The predicted octanol–water partition coefficient (Wildman–Crippen LogP) is 1.37. The topological polar surface area (TPSA) is 76.8 Å². The molecule has 0 aromatic carbocycles. The third-order valence-corrected chi connectivity index (χ3v) is 2.67. The zero-order chi connectivity index (χ0) is 13.7. The highest BCUT2D eigenvalue weighted by Gasteiger charge is 2.17. The van der Waals surface area contributed by atoms with E-state index in [1.807, 2.05) is 13.8 Å². The molecule has 0 atom stereocenters. The molecule has 1 aromatic rings. The minimum atomic E-state index is -0.460. The normalized spacial score (nSPS) is 10.8. The Morgan fingerprint density at radius 3 is 2.50 bits per heavy atom. The van der Waals surface area contributed by atoms with Crippen LogP contribution >= 0.6 is 0 Å². The molecule has 0 spiro atoms. The molecule has 0 saturated carbocycles. The predicted molar refractivity (Wildman–Crippen MR) is 65.4 cm³/mol. The summed E-state index contributed by atoms with van der Waals surface area (Å²) in [6.45, 7) is 3.95. The number of aromatic nitrogens is 1. The van der Waals surface area contributed by atoms with Crippen molar-refractivity contribution in [1.82, 2.24) is 10.1 Å². The summed E-state index contributed by atoms with van der Waals surface area (Å²) in [6.07, 6.45) is -0.460. The number of rotatable bonds is 5. The van der Waals surface area contributed by atoms with Gasteiger partial charge in [0.15, 0.2) is 6.29 Å². The maximum atomic E-state index is 11.9. The molecule has 1 rings (SSSR count). The molecule has 0 bridgehead atoms. The van der Waals surface area contributed by atoms with Gasteiger partial charge in [-0.25, -0.2) is 4.79 Å². The van der Waals surface area contributed by atoms with Crippen molar-refractivity contribution in [3.05, 3.63) is 11.3 Å². The van der Waals surface area contributed by atoms with Crippen molar-refractivity contribution in [3.63, 3.8) is 0 Å². The molecule has 0 fully saturated rings. The number of aryl methyl sites for hydroxylation is 1. The van der Waals surface area contributed by atoms with Crippen molar-refractivity contribution in [2.45, 2.75) is 20.1 Å². The molecule has 0 unspecified atom stereocenters. The molecular weight excluding hydrogens is 238 g/mol. The summed E-state index contributed by atoms with van der Waals surface area (Å²) in [5.74, 6) is 0.357. The summed E-state index contributed by atoms with van der Waals surface area (Å²) in [5.41, 5.74) is 1.56. The zero-order valence-corrected chi connectivity index (χ0v) is 11.3. The molecule has 7 heteroatoms. The van der Waals surface area contributed by atoms with Crippen molar-refractivity contribution in [1.29, 1.82) is 0 Å². The van der Waals surface area contributed by atoms with Gasteiger partial charge in [0.1, 0.15) is 0 Å². The smallest absolute Gasteiger partial charge is 0.324 e. The second-order valence-corrected chi connectivity index (χ2v) is 3.93. The third-order valence-electron chi connectivity index (χ3n) is 2.67. The monoisotopic (exact) mass is 257 g/mol. The van der Waals surface area contributed by atoms with Gasteiger partial charge < -0.3 is 18.9 Å². The number of amides is 2. The number of hydrogen-bond donors (Lipinski definition) is 1. The Bertz CT molecular complexity index is 401. The molecule has 0 aliphatic rings. The van der Waals surface area contributed by atoms with Gasteiger partial charge in [0.2, 0.25) is 5.88 Å². The molecule has 0 aliphatic carbocycles. The molecule has 18 heavy (non-hydrogen) atoms. The van der Waals surface area contributed by atoms with Crippen LogP contribution in [-0.4, -0.2) is 50.2 Å². The van der Waals surface area contributed by atoms with Gasteiger partial charge in [-0.2, -0.15) is 0 Å². The van der Waals surface area contributed by atoms with Crippen molar-refractivity contribution in [2.24, 2.45) is 0 Å². The van der Waals surface area contributed by atoms with Gasteiger partial charge >= 0.3 is 6.03 Å². The quantitative estimate of drug-likeness (QED) is 0.806. The number of nitrogens with one attached hydrogen (secondary N) is 1. The molecule has 2 amide bonds. The number of likely N-dealkylation sites (N-methyl/N-ethyl adjacent to an activating group) is 1. The first-order valence-corrected chi connectivity index (χ1v) is 5.50. The molecule has 1 N–H and O–H groups in total. The van der Waals surface area contributed by atoms with E-state index in [-0.39, 0.29) is 6.03 Å². The van der Waals surface area contributed by atoms with E-state index < -0.39 is 6.29 Å². The van der Waals surface area contributed by atoms with Crippen molar-refractivity contribution < 1.29 is 18.8 Å². The van der Waals surface area contributed by atoms with Crippen LogP contribution in [-0.2, 0) is 9.47 Å². The fraction of sp³-hybridized carbons (Fsp3) is 0.636. The standard InChI is InChI=1S/C11H19N3O4/c1-7-8(2)13-18-10(7)12-11(15)14(3)6-9(16-4)17-5/h9H,6H2,1-5H3,(H,12,15). The summed E-state index contributed by atoms with van der Waals surface area (Å²) >= 11 is 0. The van der Waals surface area contributed by atoms with Gasteiger partial charge in [0.25, 0.3) is 0 Å². The Balaban J connectivity index is 2.57. The highest BCUT2D eigenvalue weighted by molar-refractivity contribution is 5.88. The summed E-state index contributed by atoms with van der Waals surface area (Å²) in [5, 5.41) is 6.40. The fourth-order valence-electron chi connectivity index (χ4n) is 1.28. The number of methoxy groups -OCH3 is 2. The first-order chi connectivity index (χ1) is 8.49. The number of carbonyl (C=O) groups is 1. The lowest BCUT2D eigenvalue weighted by atomic mass is 10.3. The minimum Gasteiger partial charge on any atom is -0.354 e. The zero-order valence-electron chi connectivity index (χ0n) is 11.3. The van der Waals surface area contributed by atoms with Crippen LogP contribution < -0.4 is 5.32 Å². The first kappa shape index (κ1) is 14.5. The van der Waals surface area contributed by atoms with E-state index in [9.17, 15) is 4.79 Å². The fourth-order valence-corrected chi connectivity index (χ4v) is 1.28. The highest BCUT2D eigenvalue weighted by Crippen LogP contribution is 2.17. The summed E-state index contributed by atoms with van der Waals surface area (Å²) in [4.78, 5) is 13.3. The van der Waals surface area contributed by atoms with Crippen LogP contribution in [0.3, 0.4) is 0 Å². The van der Waals surface area contributed by atoms with Gasteiger partial charge in [0.05, 0.1) is 12.2 Å². The largest absolute Gasteiger partial charge is 0.354 e. The average molecular weight is 257 g/mol. The average Bonchev–Trinajstić information content (AvgIpc) is 2.67. The molecule has 7 nitrogen and oxygen atoms in total. The van der Waals surface area contributed by atoms with Gasteiger partial charge in [-0.15, -0.1) is 0 Å². The Morgan fingerprint density at radius 1 is 1.44 bits per heavy atom. The second-order valence-electron chi connectivity index (χ2n) is 3.93. The maximum Gasteiger partial charge on any atom is 0.324 e. The number of urea groups is 1. The van der Waals surface area contributed by atoms with Crippen LogP contribution in [0.2, 0.25) is 0 Å². The number of hydrogen-bond acceptors (Lipinski definition) is 5. The van der Waals surface area contributed by atoms with Crippen LogP contribution in [0.4, 0.5) is 10.7 Å². The van der Waals surface area contributed by atoms with E-state index in [4.69, 9.17) is 14.0 Å². The Labute approximate surface area is 106 Å². The third kappa shape index (κ3) is 3.44. The lowest BCUT2D eigenvalue weighted by molar-refractivity contribution is -0.108. The lowest BCUT2D eigenvalue weighted by Crippen LogP contribution is -2.38. The summed E-state index contributed by atoms with van der Waals surface area (Å²) in [7, 11) is 4.67. The van der Waals surface area contributed by atoms with Crippen LogP contribution in [0.15, 0.2) is 4.52 Å². The molecule has 0 aliphatic heterocycles. The Hall–Kier alpha value is -1.60. The lowest BCUT2D eigenvalue weighted by Gasteiger charge is -2.21. The van der Waals surface area contributed by atoms with Gasteiger partial charge in [-0.3, -0.25) is 5.32 Å². The van der Waals surface area contributed by atoms with Crippen LogP contribution in [0, 0.1) is 13.8 Å². The number of nitrogens with zero attached hydrogens (tertiary/aromatic N) is 2. The minimum absolute atomic E-state index is 0.311. The maximum absolute atomic E-state index is 11.9. The van der Waals surface area contributed by atoms with Crippen LogP contribution in [0.25, 0.3) is 0 Å². The van der Waals surface area contributed by atoms with Gasteiger partial charge in [0, 0.05) is 26.8 Å².